The summed E-state index contributed by atoms with van der Waals surface area (Å²) in [5.41, 5.74) is 3.44. The van der Waals surface area contributed by atoms with Crippen molar-refractivity contribution in [3.63, 3.8) is 0 Å². The molecule has 0 amide bonds. The van der Waals surface area contributed by atoms with Crippen molar-refractivity contribution >= 4 is 17.2 Å². The summed E-state index contributed by atoms with van der Waals surface area (Å²) in [4.78, 5) is 8.78. The van der Waals surface area contributed by atoms with Crippen LogP contribution < -0.4 is 0 Å². The molecule has 1 aromatic carbocycles. The number of halogens is 1. The summed E-state index contributed by atoms with van der Waals surface area (Å²) in [6.07, 6.45) is 3.61. The van der Waals surface area contributed by atoms with Gasteiger partial charge in [-0.25, -0.2) is 9.50 Å². The zero-order valence-electron chi connectivity index (χ0n) is 11.3. The number of rotatable bonds is 3. The molecule has 4 aromatic rings. The fourth-order valence-corrected chi connectivity index (χ4v) is 2.32. The number of benzene rings is 1. The van der Waals surface area contributed by atoms with Gasteiger partial charge in [-0.1, -0.05) is 23.4 Å². The molecule has 0 bridgehead atoms. The first kappa shape index (κ1) is 13.0. The van der Waals surface area contributed by atoms with E-state index in [4.69, 9.17) is 16.1 Å². The van der Waals surface area contributed by atoms with E-state index in [-0.39, 0.29) is 5.88 Å². The second-order valence-electron chi connectivity index (χ2n) is 4.68. The Kier molecular flexibility index (Phi) is 3.08. The van der Waals surface area contributed by atoms with Gasteiger partial charge in [0.05, 0.1) is 11.9 Å². The highest BCUT2D eigenvalue weighted by atomic mass is 35.5. The summed E-state index contributed by atoms with van der Waals surface area (Å²) in [6, 6.07) is 11.6. The lowest BCUT2D eigenvalue weighted by atomic mass is 10.1. The van der Waals surface area contributed by atoms with Gasteiger partial charge >= 0.3 is 0 Å². The molecule has 3 heterocycles. The van der Waals surface area contributed by atoms with Crippen LogP contribution in [0.15, 0.2) is 53.3 Å². The molecule has 108 valence electrons. The standard InChI is InChI=1S/C15H10ClN5O/c16-8-14-19-15(20-22-14)11-4-1-3-10(7-11)12-9-21-13(18-12)5-2-6-17-21/h1-7,9H,8H2. The normalized spacial score (nSPS) is 11.1. The number of alkyl halides is 1. The first-order chi connectivity index (χ1) is 10.8. The lowest BCUT2D eigenvalue weighted by Crippen LogP contribution is -1.85. The van der Waals surface area contributed by atoms with Crippen molar-refractivity contribution in [3.05, 3.63) is 54.7 Å². The lowest BCUT2D eigenvalue weighted by molar-refractivity contribution is 0.391. The van der Waals surface area contributed by atoms with Crippen LogP contribution in [-0.2, 0) is 5.88 Å². The van der Waals surface area contributed by atoms with E-state index in [0.717, 1.165) is 22.5 Å². The van der Waals surface area contributed by atoms with Gasteiger partial charge in [-0.2, -0.15) is 10.1 Å². The van der Waals surface area contributed by atoms with Gasteiger partial charge in [-0.3, -0.25) is 0 Å². The smallest absolute Gasteiger partial charge is 0.241 e. The average Bonchev–Trinajstić information content (AvgIpc) is 3.21. The molecule has 0 radical (unpaired) electrons. The molecule has 7 heteroatoms. The molecule has 0 atom stereocenters. The van der Waals surface area contributed by atoms with E-state index >= 15 is 0 Å². The highest BCUT2D eigenvalue weighted by Gasteiger charge is 2.10. The van der Waals surface area contributed by atoms with Crippen LogP contribution >= 0.6 is 11.6 Å². The van der Waals surface area contributed by atoms with E-state index in [2.05, 4.69) is 20.2 Å². The molecule has 0 spiro atoms. The largest absolute Gasteiger partial charge is 0.338 e. The Hall–Kier alpha value is -2.73. The molecule has 22 heavy (non-hydrogen) atoms. The molecule has 0 fully saturated rings. The summed E-state index contributed by atoms with van der Waals surface area (Å²) in [7, 11) is 0. The maximum absolute atomic E-state index is 5.68. The molecule has 3 aromatic heterocycles. The van der Waals surface area contributed by atoms with Gasteiger partial charge in [-0.15, -0.1) is 11.6 Å². The molecule has 6 nitrogen and oxygen atoms in total. The Morgan fingerprint density at radius 2 is 2.00 bits per heavy atom. The Bertz CT molecular complexity index is 913. The second kappa shape index (κ2) is 5.23. The predicted molar refractivity (Wildman–Crippen MR) is 81.3 cm³/mol. The number of imidazole rings is 1. The van der Waals surface area contributed by atoms with Crippen LogP contribution in [0.5, 0.6) is 0 Å². The van der Waals surface area contributed by atoms with Crippen molar-refractivity contribution in [1.29, 1.82) is 0 Å². The van der Waals surface area contributed by atoms with E-state index in [9.17, 15) is 0 Å². The molecule has 0 saturated heterocycles. The highest BCUT2D eigenvalue weighted by molar-refractivity contribution is 6.16. The van der Waals surface area contributed by atoms with Crippen molar-refractivity contribution in [1.82, 2.24) is 24.7 Å². The SMILES string of the molecule is ClCc1nc(-c2cccc(-c3cn4ncccc4n3)c2)no1. The number of hydrogen-bond donors (Lipinski definition) is 0. The Morgan fingerprint density at radius 3 is 2.82 bits per heavy atom. The highest BCUT2D eigenvalue weighted by Crippen LogP contribution is 2.24. The molecule has 0 aliphatic rings. The van der Waals surface area contributed by atoms with Crippen molar-refractivity contribution in [2.24, 2.45) is 0 Å². The van der Waals surface area contributed by atoms with Crippen LogP contribution in [0.1, 0.15) is 5.89 Å². The van der Waals surface area contributed by atoms with Crippen molar-refractivity contribution in [2.75, 3.05) is 0 Å². The Balaban J connectivity index is 1.77. The molecule has 0 aliphatic carbocycles. The van der Waals surface area contributed by atoms with Crippen LogP contribution in [0.4, 0.5) is 0 Å². The molecular formula is C15H10ClN5O. The number of fused-ring (bicyclic) bond motifs is 1. The van der Waals surface area contributed by atoms with Gasteiger partial charge in [-0.05, 0) is 18.2 Å². The van der Waals surface area contributed by atoms with Crippen molar-refractivity contribution in [2.45, 2.75) is 5.88 Å². The lowest BCUT2D eigenvalue weighted by Gasteiger charge is -1.98. The minimum atomic E-state index is 0.199. The van der Waals surface area contributed by atoms with Crippen LogP contribution in [0.2, 0.25) is 0 Å². The quantitative estimate of drug-likeness (QED) is 0.543. The molecule has 0 N–H and O–H groups in total. The van der Waals surface area contributed by atoms with E-state index in [1.54, 1.807) is 10.7 Å². The average molecular weight is 312 g/mol. The topological polar surface area (TPSA) is 69.1 Å². The number of nitrogens with zero attached hydrogens (tertiary/aromatic N) is 5. The molecular weight excluding hydrogens is 302 g/mol. The number of hydrogen-bond acceptors (Lipinski definition) is 5. The van der Waals surface area contributed by atoms with Crippen molar-refractivity contribution < 1.29 is 4.52 Å². The number of aromatic nitrogens is 5. The van der Waals surface area contributed by atoms with E-state index in [1.165, 1.54) is 0 Å². The Morgan fingerprint density at radius 1 is 1.09 bits per heavy atom. The minimum Gasteiger partial charge on any atom is -0.338 e. The van der Waals surface area contributed by atoms with Gasteiger partial charge in [0.1, 0.15) is 5.88 Å². The Labute approximate surface area is 130 Å². The monoisotopic (exact) mass is 311 g/mol. The maximum atomic E-state index is 5.68. The third-order valence-electron chi connectivity index (χ3n) is 3.24. The van der Waals surface area contributed by atoms with E-state index in [1.807, 2.05) is 42.6 Å². The maximum Gasteiger partial charge on any atom is 0.241 e. The fourth-order valence-electron chi connectivity index (χ4n) is 2.21. The van der Waals surface area contributed by atoms with Gasteiger partial charge < -0.3 is 4.52 Å². The predicted octanol–water partition coefficient (Wildman–Crippen LogP) is 3.19. The zero-order valence-corrected chi connectivity index (χ0v) is 12.1. The third-order valence-corrected chi connectivity index (χ3v) is 3.46. The first-order valence-corrected chi connectivity index (χ1v) is 7.17. The molecule has 0 aliphatic heterocycles. The zero-order chi connectivity index (χ0) is 14.9. The van der Waals surface area contributed by atoms with Crippen LogP contribution in [0.25, 0.3) is 28.3 Å². The summed E-state index contributed by atoms with van der Waals surface area (Å²) in [5.74, 6) is 1.11. The summed E-state index contributed by atoms with van der Waals surface area (Å²) < 4.78 is 6.78. The van der Waals surface area contributed by atoms with Gasteiger partial charge in [0, 0.05) is 17.3 Å². The van der Waals surface area contributed by atoms with E-state index in [0.29, 0.717) is 11.7 Å². The molecule has 4 rings (SSSR count). The van der Waals surface area contributed by atoms with Crippen molar-refractivity contribution in [3.8, 4) is 22.6 Å². The summed E-state index contributed by atoms with van der Waals surface area (Å²) in [6.45, 7) is 0. The van der Waals surface area contributed by atoms with E-state index < -0.39 is 0 Å². The van der Waals surface area contributed by atoms with Gasteiger partial charge in [0.2, 0.25) is 11.7 Å². The van der Waals surface area contributed by atoms with Gasteiger partial charge in [0.15, 0.2) is 5.65 Å². The minimum absolute atomic E-state index is 0.199. The first-order valence-electron chi connectivity index (χ1n) is 6.63. The summed E-state index contributed by atoms with van der Waals surface area (Å²) >= 11 is 5.68. The van der Waals surface area contributed by atoms with Crippen LogP contribution in [0.3, 0.4) is 0 Å². The fraction of sp³-hybridized carbons (Fsp3) is 0.0667. The van der Waals surface area contributed by atoms with Crippen LogP contribution in [-0.4, -0.2) is 24.7 Å². The third kappa shape index (κ3) is 2.23. The summed E-state index contributed by atoms with van der Waals surface area (Å²) in [5, 5.41) is 8.15. The van der Waals surface area contributed by atoms with Gasteiger partial charge in [0.25, 0.3) is 0 Å². The molecule has 0 unspecified atom stereocenters. The van der Waals surface area contributed by atoms with Crippen LogP contribution in [0, 0.1) is 0 Å². The molecule has 0 saturated carbocycles. The second-order valence-corrected chi connectivity index (χ2v) is 4.95.